The van der Waals surface area contributed by atoms with E-state index in [0.29, 0.717) is 35.6 Å². The molecule has 0 saturated carbocycles. The average Bonchev–Trinajstić information content (AvgIpc) is 2.66. The monoisotopic (exact) mass is 353 g/mol. The Morgan fingerprint density at radius 1 is 1.15 bits per heavy atom. The molecule has 0 atom stereocenters. The largest absolute Gasteiger partial charge is 0.392 e. The standard InChI is InChI=1S/C18H19N5O3/c1-2-19-16-8-15-14(7-17(16)23(25)26)10-21-18(22-15)20-9-12-3-5-13(11-24)6-4-12/h3-8,10,19,24H,2,9,11H2,1H3,(H,20,21,22). The minimum Gasteiger partial charge on any atom is -0.392 e. The Balaban J connectivity index is 1.83. The van der Waals surface area contributed by atoms with Gasteiger partial charge in [0.15, 0.2) is 0 Å². The van der Waals surface area contributed by atoms with Crippen molar-refractivity contribution >= 4 is 28.2 Å². The summed E-state index contributed by atoms with van der Waals surface area (Å²) < 4.78 is 0. The summed E-state index contributed by atoms with van der Waals surface area (Å²) >= 11 is 0. The first-order chi connectivity index (χ1) is 12.6. The van der Waals surface area contributed by atoms with Crippen molar-refractivity contribution in [3.05, 3.63) is 63.8 Å². The van der Waals surface area contributed by atoms with Gasteiger partial charge in [0.05, 0.1) is 17.0 Å². The zero-order valence-corrected chi connectivity index (χ0v) is 14.3. The van der Waals surface area contributed by atoms with E-state index in [1.54, 1.807) is 12.3 Å². The normalized spacial score (nSPS) is 10.7. The van der Waals surface area contributed by atoms with Gasteiger partial charge in [-0.2, -0.15) is 0 Å². The Hall–Kier alpha value is -3.26. The van der Waals surface area contributed by atoms with Crippen molar-refractivity contribution in [2.45, 2.75) is 20.1 Å². The van der Waals surface area contributed by atoms with Gasteiger partial charge in [0.25, 0.3) is 5.69 Å². The predicted octanol–water partition coefficient (Wildman–Crippen LogP) is 3.07. The van der Waals surface area contributed by atoms with Gasteiger partial charge in [0, 0.05) is 30.7 Å². The van der Waals surface area contributed by atoms with Crippen LogP contribution in [-0.2, 0) is 13.2 Å². The second-order valence-corrected chi connectivity index (χ2v) is 5.74. The highest BCUT2D eigenvalue weighted by atomic mass is 16.6. The molecule has 0 radical (unpaired) electrons. The second kappa shape index (κ2) is 7.75. The van der Waals surface area contributed by atoms with Crippen LogP contribution in [0.5, 0.6) is 0 Å². The van der Waals surface area contributed by atoms with Crippen LogP contribution in [0.25, 0.3) is 10.9 Å². The quantitative estimate of drug-likeness (QED) is 0.442. The number of rotatable bonds is 7. The van der Waals surface area contributed by atoms with Gasteiger partial charge in [-0.25, -0.2) is 9.97 Å². The Kier molecular flexibility index (Phi) is 5.23. The number of aliphatic hydroxyl groups excluding tert-OH is 1. The van der Waals surface area contributed by atoms with Gasteiger partial charge in [-0.15, -0.1) is 0 Å². The molecule has 2 aromatic carbocycles. The van der Waals surface area contributed by atoms with E-state index in [0.717, 1.165) is 11.1 Å². The van der Waals surface area contributed by atoms with Crippen molar-refractivity contribution in [1.82, 2.24) is 9.97 Å². The fourth-order valence-corrected chi connectivity index (χ4v) is 2.58. The molecular formula is C18H19N5O3. The van der Waals surface area contributed by atoms with Crippen LogP contribution in [0, 0.1) is 10.1 Å². The van der Waals surface area contributed by atoms with Crippen molar-refractivity contribution in [2.75, 3.05) is 17.2 Å². The number of fused-ring (bicyclic) bond motifs is 1. The van der Waals surface area contributed by atoms with Crippen LogP contribution in [0.1, 0.15) is 18.1 Å². The van der Waals surface area contributed by atoms with Gasteiger partial charge in [-0.1, -0.05) is 24.3 Å². The number of hydrogen-bond acceptors (Lipinski definition) is 7. The Morgan fingerprint density at radius 2 is 1.88 bits per heavy atom. The van der Waals surface area contributed by atoms with Crippen LogP contribution in [0.3, 0.4) is 0 Å². The average molecular weight is 353 g/mol. The van der Waals surface area contributed by atoms with Gasteiger partial charge in [0.1, 0.15) is 5.69 Å². The topological polar surface area (TPSA) is 113 Å². The van der Waals surface area contributed by atoms with Crippen molar-refractivity contribution in [2.24, 2.45) is 0 Å². The lowest BCUT2D eigenvalue weighted by Gasteiger charge is -2.09. The number of nitrogens with one attached hydrogen (secondary N) is 2. The number of benzene rings is 2. The molecule has 8 nitrogen and oxygen atoms in total. The van der Waals surface area contributed by atoms with Crippen molar-refractivity contribution < 1.29 is 10.0 Å². The first-order valence-electron chi connectivity index (χ1n) is 8.22. The summed E-state index contributed by atoms with van der Waals surface area (Å²) in [5, 5.41) is 27.0. The summed E-state index contributed by atoms with van der Waals surface area (Å²) in [4.78, 5) is 19.5. The van der Waals surface area contributed by atoms with Crippen LogP contribution in [-0.4, -0.2) is 26.5 Å². The molecule has 3 N–H and O–H groups in total. The lowest BCUT2D eigenvalue weighted by molar-refractivity contribution is -0.383. The summed E-state index contributed by atoms with van der Waals surface area (Å²) in [6.45, 7) is 3.00. The van der Waals surface area contributed by atoms with Gasteiger partial charge < -0.3 is 15.7 Å². The maximum absolute atomic E-state index is 11.2. The zero-order chi connectivity index (χ0) is 18.5. The number of hydrogen-bond donors (Lipinski definition) is 3. The maximum atomic E-state index is 11.2. The molecule has 0 amide bonds. The molecule has 0 spiro atoms. The second-order valence-electron chi connectivity index (χ2n) is 5.74. The summed E-state index contributed by atoms with van der Waals surface area (Å²) in [6, 6.07) is 10.7. The molecule has 1 heterocycles. The molecule has 0 unspecified atom stereocenters. The van der Waals surface area contributed by atoms with Crippen molar-refractivity contribution in [3.8, 4) is 0 Å². The van der Waals surface area contributed by atoms with Gasteiger partial charge in [-0.05, 0) is 24.1 Å². The van der Waals surface area contributed by atoms with Crippen LogP contribution < -0.4 is 10.6 Å². The molecular weight excluding hydrogens is 334 g/mol. The van der Waals surface area contributed by atoms with Crippen LogP contribution in [0.15, 0.2) is 42.6 Å². The molecule has 3 rings (SSSR count). The Labute approximate surface area is 150 Å². The number of nitro groups is 1. The third-order valence-corrected chi connectivity index (χ3v) is 3.92. The highest BCUT2D eigenvalue weighted by molar-refractivity contribution is 5.87. The molecule has 0 aliphatic rings. The highest BCUT2D eigenvalue weighted by Crippen LogP contribution is 2.29. The van der Waals surface area contributed by atoms with Gasteiger partial charge >= 0.3 is 0 Å². The molecule has 0 aliphatic heterocycles. The Bertz CT molecular complexity index is 928. The molecule has 3 aromatic rings. The minimum absolute atomic E-state index is 0.00707. The summed E-state index contributed by atoms with van der Waals surface area (Å²) in [5.74, 6) is 0.444. The summed E-state index contributed by atoms with van der Waals surface area (Å²) in [6.07, 6.45) is 1.57. The van der Waals surface area contributed by atoms with E-state index in [4.69, 9.17) is 5.11 Å². The van der Waals surface area contributed by atoms with E-state index in [1.807, 2.05) is 31.2 Å². The number of anilines is 2. The zero-order valence-electron chi connectivity index (χ0n) is 14.3. The molecule has 0 aliphatic carbocycles. The lowest BCUT2D eigenvalue weighted by Crippen LogP contribution is -2.05. The third kappa shape index (κ3) is 3.86. The van der Waals surface area contributed by atoms with E-state index in [2.05, 4.69) is 20.6 Å². The maximum Gasteiger partial charge on any atom is 0.293 e. The minimum atomic E-state index is -0.417. The fourth-order valence-electron chi connectivity index (χ4n) is 2.58. The van der Waals surface area contributed by atoms with Crippen molar-refractivity contribution in [3.63, 3.8) is 0 Å². The van der Waals surface area contributed by atoms with Crippen LogP contribution in [0.4, 0.5) is 17.3 Å². The SMILES string of the molecule is CCNc1cc2nc(NCc3ccc(CO)cc3)ncc2cc1[N+](=O)[O-]. The van der Waals surface area contributed by atoms with Crippen LogP contribution >= 0.6 is 0 Å². The predicted molar refractivity (Wildman–Crippen MR) is 100 cm³/mol. The Morgan fingerprint density at radius 3 is 2.54 bits per heavy atom. The molecule has 0 fully saturated rings. The van der Waals surface area contributed by atoms with E-state index >= 15 is 0 Å². The van der Waals surface area contributed by atoms with Gasteiger partial charge in [0.2, 0.25) is 5.95 Å². The molecule has 8 heteroatoms. The summed E-state index contributed by atoms with van der Waals surface area (Å²) in [7, 11) is 0. The number of aliphatic hydroxyl groups is 1. The van der Waals surface area contributed by atoms with Crippen LogP contribution in [0.2, 0.25) is 0 Å². The fraction of sp³-hybridized carbons (Fsp3) is 0.222. The van der Waals surface area contributed by atoms with Crippen molar-refractivity contribution in [1.29, 1.82) is 0 Å². The lowest BCUT2D eigenvalue weighted by atomic mass is 10.1. The van der Waals surface area contributed by atoms with E-state index in [-0.39, 0.29) is 12.3 Å². The molecule has 1 aromatic heterocycles. The van der Waals surface area contributed by atoms with Gasteiger partial charge in [-0.3, -0.25) is 10.1 Å². The molecule has 134 valence electrons. The smallest absolute Gasteiger partial charge is 0.293 e. The third-order valence-electron chi connectivity index (χ3n) is 3.92. The molecule has 26 heavy (non-hydrogen) atoms. The first kappa shape index (κ1) is 17.6. The highest BCUT2D eigenvalue weighted by Gasteiger charge is 2.15. The van der Waals surface area contributed by atoms with E-state index in [1.165, 1.54) is 6.07 Å². The molecule has 0 saturated heterocycles. The van der Waals surface area contributed by atoms with E-state index < -0.39 is 4.92 Å². The first-order valence-corrected chi connectivity index (χ1v) is 8.22. The number of nitrogens with zero attached hydrogens (tertiary/aromatic N) is 3. The van der Waals surface area contributed by atoms with E-state index in [9.17, 15) is 10.1 Å². The summed E-state index contributed by atoms with van der Waals surface area (Å²) in [5.41, 5.74) is 2.96. The number of aromatic nitrogens is 2. The number of nitro benzene ring substituents is 1. The molecule has 0 bridgehead atoms.